The lowest BCUT2D eigenvalue weighted by molar-refractivity contribution is -0.147. The standard InChI is InChI=1S/C16H19Cl2NO5/c1-4-9(2)14(16(22)23-3)19-13(20)8-24-15(21)10-5-6-11(17)12(18)7-10/h5-7,9,14H,4,8H2,1-3H3,(H,19,20). The van der Waals surface area contributed by atoms with Gasteiger partial charge in [0.2, 0.25) is 0 Å². The van der Waals surface area contributed by atoms with Crippen molar-refractivity contribution >= 4 is 41.0 Å². The summed E-state index contributed by atoms with van der Waals surface area (Å²) < 4.78 is 9.57. The topological polar surface area (TPSA) is 81.7 Å². The first-order valence-corrected chi connectivity index (χ1v) is 8.05. The molecule has 0 saturated heterocycles. The Morgan fingerprint density at radius 1 is 1.21 bits per heavy atom. The number of amides is 1. The van der Waals surface area contributed by atoms with Gasteiger partial charge in [0, 0.05) is 0 Å². The van der Waals surface area contributed by atoms with Crippen molar-refractivity contribution in [2.45, 2.75) is 26.3 Å². The van der Waals surface area contributed by atoms with Crippen LogP contribution < -0.4 is 5.32 Å². The van der Waals surface area contributed by atoms with Crippen LogP contribution >= 0.6 is 23.2 Å². The van der Waals surface area contributed by atoms with Gasteiger partial charge in [-0.2, -0.15) is 0 Å². The number of nitrogens with one attached hydrogen (secondary N) is 1. The van der Waals surface area contributed by atoms with Crippen molar-refractivity contribution < 1.29 is 23.9 Å². The summed E-state index contributed by atoms with van der Waals surface area (Å²) in [6.07, 6.45) is 0.670. The lowest BCUT2D eigenvalue weighted by atomic mass is 9.99. The van der Waals surface area contributed by atoms with Crippen molar-refractivity contribution in [3.63, 3.8) is 0 Å². The van der Waals surface area contributed by atoms with Crippen molar-refractivity contribution in [1.29, 1.82) is 0 Å². The summed E-state index contributed by atoms with van der Waals surface area (Å²) in [7, 11) is 1.24. The van der Waals surface area contributed by atoms with E-state index in [1.54, 1.807) is 0 Å². The van der Waals surface area contributed by atoms with E-state index in [9.17, 15) is 14.4 Å². The van der Waals surface area contributed by atoms with Gasteiger partial charge in [0.25, 0.3) is 5.91 Å². The van der Waals surface area contributed by atoms with Crippen LogP contribution in [0.2, 0.25) is 10.0 Å². The van der Waals surface area contributed by atoms with Crippen LogP contribution in [-0.2, 0) is 19.1 Å². The average molecular weight is 376 g/mol. The number of hydrogen-bond donors (Lipinski definition) is 1. The number of methoxy groups -OCH3 is 1. The molecule has 0 aliphatic heterocycles. The molecular formula is C16H19Cl2NO5. The van der Waals surface area contributed by atoms with Crippen molar-refractivity contribution in [3.8, 4) is 0 Å². The highest BCUT2D eigenvalue weighted by molar-refractivity contribution is 6.42. The molecule has 1 amide bonds. The van der Waals surface area contributed by atoms with Crippen molar-refractivity contribution in [1.82, 2.24) is 5.32 Å². The van der Waals surface area contributed by atoms with Crippen molar-refractivity contribution in [2.75, 3.05) is 13.7 Å². The second-order valence-electron chi connectivity index (χ2n) is 5.16. The summed E-state index contributed by atoms with van der Waals surface area (Å²) in [5.74, 6) is -1.98. The first kappa shape index (κ1) is 20.3. The first-order chi connectivity index (χ1) is 11.3. The zero-order valence-corrected chi connectivity index (χ0v) is 15.1. The lowest BCUT2D eigenvalue weighted by Crippen LogP contribution is -2.47. The fourth-order valence-corrected chi connectivity index (χ4v) is 2.15. The fourth-order valence-electron chi connectivity index (χ4n) is 1.85. The molecule has 1 N–H and O–H groups in total. The quantitative estimate of drug-likeness (QED) is 0.740. The zero-order chi connectivity index (χ0) is 18.3. The van der Waals surface area contributed by atoms with E-state index in [4.69, 9.17) is 27.9 Å². The van der Waals surface area contributed by atoms with E-state index in [0.29, 0.717) is 11.4 Å². The Kier molecular flexibility index (Phi) is 8.01. The molecule has 1 aromatic carbocycles. The van der Waals surface area contributed by atoms with E-state index in [1.165, 1.54) is 25.3 Å². The summed E-state index contributed by atoms with van der Waals surface area (Å²) in [6, 6.07) is 3.44. The number of esters is 2. The van der Waals surface area contributed by atoms with Gasteiger partial charge < -0.3 is 14.8 Å². The molecule has 1 aromatic rings. The molecule has 2 unspecified atom stereocenters. The molecule has 6 nitrogen and oxygen atoms in total. The number of hydrogen-bond acceptors (Lipinski definition) is 5. The molecule has 0 aliphatic rings. The van der Waals surface area contributed by atoms with Crippen molar-refractivity contribution in [2.24, 2.45) is 5.92 Å². The van der Waals surface area contributed by atoms with Crippen LogP contribution in [0.3, 0.4) is 0 Å². The Bertz CT molecular complexity index is 620. The fraction of sp³-hybridized carbons (Fsp3) is 0.438. The Morgan fingerprint density at radius 3 is 2.42 bits per heavy atom. The van der Waals surface area contributed by atoms with Gasteiger partial charge in [-0.05, 0) is 24.1 Å². The predicted octanol–water partition coefficient (Wildman–Crippen LogP) is 2.85. The summed E-state index contributed by atoms with van der Waals surface area (Å²) in [5, 5.41) is 3.02. The van der Waals surface area contributed by atoms with Gasteiger partial charge in [-0.1, -0.05) is 43.5 Å². The van der Waals surface area contributed by atoms with Gasteiger partial charge in [0.15, 0.2) is 6.61 Å². The average Bonchev–Trinajstić information content (AvgIpc) is 2.58. The highest BCUT2D eigenvalue weighted by atomic mass is 35.5. The maximum Gasteiger partial charge on any atom is 0.338 e. The van der Waals surface area contributed by atoms with Gasteiger partial charge in [0.05, 0.1) is 22.7 Å². The van der Waals surface area contributed by atoms with Crippen LogP contribution in [0, 0.1) is 5.92 Å². The van der Waals surface area contributed by atoms with Crippen LogP contribution in [0.4, 0.5) is 0 Å². The van der Waals surface area contributed by atoms with Gasteiger partial charge in [-0.25, -0.2) is 9.59 Å². The minimum atomic E-state index is -0.795. The molecule has 0 fully saturated rings. The van der Waals surface area contributed by atoms with Crippen LogP contribution in [0.5, 0.6) is 0 Å². The van der Waals surface area contributed by atoms with Crippen molar-refractivity contribution in [3.05, 3.63) is 33.8 Å². The lowest BCUT2D eigenvalue weighted by Gasteiger charge is -2.21. The zero-order valence-electron chi connectivity index (χ0n) is 13.6. The summed E-state index contributed by atoms with van der Waals surface area (Å²) in [4.78, 5) is 35.5. The number of carbonyl (C=O) groups excluding carboxylic acids is 3. The minimum absolute atomic E-state index is 0.118. The number of ether oxygens (including phenoxy) is 2. The molecule has 0 aliphatic carbocycles. The van der Waals surface area contributed by atoms with Gasteiger partial charge >= 0.3 is 11.9 Å². The van der Waals surface area contributed by atoms with E-state index in [2.05, 4.69) is 10.1 Å². The molecule has 132 valence electrons. The molecule has 24 heavy (non-hydrogen) atoms. The molecule has 0 spiro atoms. The summed E-state index contributed by atoms with van der Waals surface area (Å²) >= 11 is 11.6. The smallest absolute Gasteiger partial charge is 0.338 e. The molecule has 0 saturated carbocycles. The SMILES string of the molecule is CCC(C)C(NC(=O)COC(=O)c1ccc(Cl)c(Cl)c1)C(=O)OC. The second kappa shape index (κ2) is 9.49. The van der Waals surface area contributed by atoms with E-state index >= 15 is 0 Å². The maximum atomic E-state index is 11.9. The third-order valence-electron chi connectivity index (χ3n) is 3.47. The third-order valence-corrected chi connectivity index (χ3v) is 4.21. The van der Waals surface area contributed by atoms with E-state index in [-0.39, 0.29) is 16.5 Å². The molecule has 0 bridgehead atoms. The van der Waals surface area contributed by atoms with Gasteiger partial charge in [0.1, 0.15) is 6.04 Å². The molecule has 2 atom stereocenters. The number of benzene rings is 1. The molecule has 0 heterocycles. The number of carbonyl (C=O) groups is 3. The Morgan fingerprint density at radius 2 is 1.88 bits per heavy atom. The van der Waals surface area contributed by atoms with Crippen LogP contribution in [0.15, 0.2) is 18.2 Å². The third kappa shape index (κ3) is 5.69. The van der Waals surface area contributed by atoms with Gasteiger partial charge in [-0.3, -0.25) is 4.79 Å². The highest BCUT2D eigenvalue weighted by Gasteiger charge is 2.27. The maximum absolute atomic E-state index is 11.9. The van der Waals surface area contributed by atoms with Crippen LogP contribution in [0.25, 0.3) is 0 Å². The van der Waals surface area contributed by atoms with E-state index in [0.717, 1.165) is 0 Å². The first-order valence-electron chi connectivity index (χ1n) is 7.29. The van der Waals surface area contributed by atoms with Gasteiger partial charge in [-0.15, -0.1) is 0 Å². The molecule has 8 heteroatoms. The molecule has 1 rings (SSSR count). The summed E-state index contributed by atoms with van der Waals surface area (Å²) in [5.41, 5.74) is 0.170. The molecule has 0 radical (unpaired) electrons. The Hall–Kier alpha value is -1.79. The van der Waals surface area contributed by atoms with Crippen LogP contribution in [0.1, 0.15) is 30.6 Å². The number of halogens is 2. The van der Waals surface area contributed by atoms with Crippen LogP contribution in [-0.4, -0.2) is 37.6 Å². The largest absolute Gasteiger partial charge is 0.467 e. The number of rotatable bonds is 7. The normalized spacial score (nSPS) is 12.9. The molecule has 0 aromatic heterocycles. The monoisotopic (exact) mass is 375 g/mol. The minimum Gasteiger partial charge on any atom is -0.467 e. The highest BCUT2D eigenvalue weighted by Crippen LogP contribution is 2.22. The van der Waals surface area contributed by atoms with E-state index in [1.807, 2.05) is 13.8 Å². The summed E-state index contributed by atoms with van der Waals surface area (Å²) in [6.45, 7) is 3.17. The predicted molar refractivity (Wildman–Crippen MR) is 90.1 cm³/mol. The Balaban J connectivity index is 2.62. The Labute approximate surface area is 150 Å². The second-order valence-corrected chi connectivity index (χ2v) is 5.97. The molecular weight excluding hydrogens is 357 g/mol. The van der Waals surface area contributed by atoms with E-state index < -0.39 is 30.5 Å².